The van der Waals surface area contributed by atoms with E-state index in [4.69, 9.17) is 11.6 Å². The SMILES string of the molecule is CNC(=O)c1cc(S(=O)(=O)Nc2ccc(C)c(C)c2)ccc1Cl. The minimum atomic E-state index is -3.81. The lowest BCUT2D eigenvalue weighted by Crippen LogP contribution is -2.20. The normalized spacial score (nSPS) is 11.1. The Kier molecular flexibility index (Phi) is 4.97. The van der Waals surface area contributed by atoms with Gasteiger partial charge in [0.2, 0.25) is 0 Å². The maximum Gasteiger partial charge on any atom is 0.261 e. The number of sulfonamides is 1. The molecule has 2 rings (SSSR count). The number of nitrogens with one attached hydrogen (secondary N) is 2. The maximum atomic E-state index is 12.5. The zero-order chi connectivity index (χ0) is 17.2. The molecule has 0 fully saturated rings. The van der Waals surface area contributed by atoms with Crippen molar-refractivity contribution in [1.82, 2.24) is 5.32 Å². The summed E-state index contributed by atoms with van der Waals surface area (Å²) in [6, 6.07) is 9.28. The molecule has 0 aliphatic carbocycles. The van der Waals surface area contributed by atoms with Crippen molar-refractivity contribution in [3.05, 3.63) is 58.1 Å². The van der Waals surface area contributed by atoms with Crippen LogP contribution in [0.15, 0.2) is 41.3 Å². The summed E-state index contributed by atoms with van der Waals surface area (Å²) in [6.45, 7) is 3.85. The molecular formula is C16H17ClN2O3S. The van der Waals surface area contributed by atoms with E-state index in [1.165, 1.54) is 25.2 Å². The summed E-state index contributed by atoms with van der Waals surface area (Å²) in [7, 11) is -2.36. The average Bonchev–Trinajstić information content (AvgIpc) is 2.50. The van der Waals surface area contributed by atoms with Gasteiger partial charge < -0.3 is 5.32 Å². The Labute approximate surface area is 140 Å². The van der Waals surface area contributed by atoms with E-state index in [-0.39, 0.29) is 15.5 Å². The predicted molar refractivity (Wildman–Crippen MR) is 91.6 cm³/mol. The van der Waals surface area contributed by atoms with Gasteiger partial charge in [-0.3, -0.25) is 9.52 Å². The van der Waals surface area contributed by atoms with Crippen LogP contribution >= 0.6 is 11.6 Å². The van der Waals surface area contributed by atoms with Crippen LogP contribution in [0, 0.1) is 13.8 Å². The summed E-state index contributed by atoms with van der Waals surface area (Å²) in [5, 5.41) is 2.61. The molecule has 0 radical (unpaired) electrons. The Morgan fingerprint density at radius 3 is 2.35 bits per heavy atom. The zero-order valence-corrected chi connectivity index (χ0v) is 14.5. The van der Waals surface area contributed by atoms with Gasteiger partial charge in [-0.25, -0.2) is 8.42 Å². The monoisotopic (exact) mass is 352 g/mol. The van der Waals surface area contributed by atoms with E-state index < -0.39 is 15.9 Å². The third-order valence-electron chi connectivity index (χ3n) is 3.48. The second-order valence-corrected chi connectivity index (χ2v) is 7.21. The molecule has 2 aromatic carbocycles. The molecule has 122 valence electrons. The van der Waals surface area contributed by atoms with Crippen molar-refractivity contribution < 1.29 is 13.2 Å². The van der Waals surface area contributed by atoms with Gasteiger partial charge in [0, 0.05) is 12.7 Å². The quantitative estimate of drug-likeness (QED) is 0.887. The molecule has 1 amide bonds. The van der Waals surface area contributed by atoms with Gasteiger partial charge >= 0.3 is 0 Å². The van der Waals surface area contributed by atoms with Gasteiger partial charge in [0.15, 0.2) is 0 Å². The predicted octanol–water partition coefficient (Wildman–Crippen LogP) is 3.12. The standard InChI is InChI=1S/C16H17ClN2O3S/c1-10-4-5-12(8-11(10)2)19-23(21,22)13-6-7-15(17)14(9-13)16(20)18-3/h4-9,19H,1-3H3,(H,18,20). The van der Waals surface area contributed by atoms with Crippen molar-refractivity contribution in [3.63, 3.8) is 0 Å². The molecule has 0 unspecified atom stereocenters. The smallest absolute Gasteiger partial charge is 0.261 e. The number of benzene rings is 2. The summed E-state index contributed by atoms with van der Waals surface area (Å²) in [6.07, 6.45) is 0. The number of carbonyl (C=O) groups excluding carboxylic acids is 1. The number of carbonyl (C=O) groups is 1. The number of aryl methyl sites for hydroxylation is 2. The fraction of sp³-hybridized carbons (Fsp3) is 0.188. The fourth-order valence-electron chi connectivity index (χ4n) is 2.00. The molecule has 0 aromatic heterocycles. The Bertz CT molecular complexity index is 864. The van der Waals surface area contributed by atoms with Crippen molar-refractivity contribution in [2.45, 2.75) is 18.7 Å². The first-order valence-corrected chi connectivity index (χ1v) is 8.72. The summed E-state index contributed by atoms with van der Waals surface area (Å²) < 4.78 is 27.5. The molecule has 7 heteroatoms. The van der Waals surface area contributed by atoms with Crippen molar-refractivity contribution in [3.8, 4) is 0 Å². The molecule has 5 nitrogen and oxygen atoms in total. The third-order valence-corrected chi connectivity index (χ3v) is 5.19. The molecule has 23 heavy (non-hydrogen) atoms. The van der Waals surface area contributed by atoms with Gasteiger partial charge in [-0.15, -0.1) is 0 Å². The van der Waals surface area contributed by atoms with Crippen molar-refractivity contribution >= 4 is 33.2 Å². The number of rotatable bonds is 4. The van der Waals surface area contributed by atoms with Crippen LogP contribution < -0.4 is 10.0 Å². The number of hydrogen-bond acceptors (Lipinski definition) is 3. The van der Waals surface area contributed by atoms with Crippen molar-refractivity contribution in [1.29, 1.82) is 0 Å². The molecule has 0 bridgehead atoms. The maximum absolute atomic E-state index is 12.5. The van der Waals surface area contributed by atoms with Gasteiger partial charge in [-0.05, 0) is 55.3 Å². The van der Waals surface area contributed by atoms with Crippen LogP contribution in [-0.4, -0.2) is 21.4 Å². The van der Waals surface area contributed by atoms with Crippen LogP contribution in [0.1, 0.15) is 21.5 Å². The Morgan fingerprint density at radius 1 is 1.04 bits per heavy atom. The average molecular weight is 353 g/mol. The Balaban J connectivity index is 2.39. The molecular weight excluding hydrogens is 336 g/mol. The summed E-state index contributed by atoms with van der Waals surface area (Å²) in [4.78, 5) is 11.7. The molecule has 0 aliphatic heterocycles. The van der Waals surface area contributed by atoms with Gasteiger partial charge in [-0.2, -0.15) is 0 Å². The molecule has 2 aromatic rings. The van der Waals surface area contributed by atoms with E-state index in [2.05, 4.69) is 10.0 Å². The van der Waals surface area contributed by atoms with Crippen LogP contribution in [0.2, 0.25) is 5.02 Å². The highest BCUT2D eigenvalue weighted by Crippen LogP contribution is 2.23. The van der Waals surface area contributed by atoms with E-state index in [0.29, 0.717) is 5.69 Å². The molecule has 0 aliphatic rings. The number of halogens is 1. The van der Waals surface area contributed by atoms with E-state index in [1.54, 1.807) is 12.1 Å². The molecule has 0 saturated carbocycles. The van der Waals surface area contributed by atoms with Crippen molar-refractivity contribution in [2.24, 2.45) is 0 Å². The largest absolute Gasteiger partial charge is 0.355 e. The molecule has 0 saturated heterocycles. The third kappa shape index (κ3) is 3.83. The summed E-state index contributed by atoms with van der Waals surface area (Å²) >= 11 is 5.94. The van der Waals surface area contributed by atoms with E-state index in [0.717, 1.165) is 11.1 Å². The molecule has 0 atom stereocenters. The molecule has 0 heterocycles. The van der Waals surface area contributed by atoms with Crippen molar-refractivity contribution in [2.75, 3.05) is 11.8 Å². The van der Waals surface area contributed by atoms with Crippen LogP contribution in [-0.2, 0) is 10.0 Å². The highest BCUT2D eigenvalue weighted by Gasteiger charge is 2.18. The first-order valence-electron chi connectivity index (χ1n) is 6.86. The van der Waals surface area contributed by atoms with E-state index in [9.17, 15) is 13.2 Å². The highest BCUT2D eigenvalue weighted by atomic mass is 35.5. The zero-order valence-electron chi connectivity index (χ0n) is 13.0. The minimum Gasteiger partial charge on any atom is -0.355 e. The van der Waals surface area contributed by atoms with Crippen LogP contribution in [0.3, 0.4) is 0 Å². The minimum absolute atomic E-state index is 0.0290. The number of hydrogen-bond donors (Lipinski definition) is 2. The topological polar surface area (TPSA) is 75.3 Å². The molecule has 0 spiro atoms. The summed E-state index contributed by atoms with van der Waals surface area (Å²) in [5.74, 6) is -0.446. The van der Waals surface area contributed by atoms with E-state index in [1.807, 2.05) is 19.9 Å². The first-order chi connectivity index (χ1) is 10.7. The van der Waals surface area contributed by atoms with Gasteiger partial charge in [0.25, 0.3) is 15.9 Å². The number of anilines is 1. The fourth-order valence-corrected chi connectivity index (χ4v) is 3.28. The first kappa shape index (κ1) is 17.3. The Morgan fingerprint density at radius 2 is 1.74 bits per heavy atom. The van der Waals surface area contributed by atoms with Gasteiger partial charge in [-0.1, -0.05) is 17.7 Å². The van der Waals surface area contributed by atoms with Gasteiger partial charge in [0.1, 0.15) is 0 Å². The van der Waals surface area contributed by atoms with Crippen LogP contribution in [0.5, 0.6) is 0 Å². The number of amides is 1. The van der Waals surface area contributed by atoms with Crippen LogP contribution in [0.4, 0.5) is 5.69 Å². The van der Waals surface area contributed by atoms with Gasteiger partial charge in [0.05, 0.1) is 15.5 Å². The van der Waals surface area contributed by atoms with Crippen LogP contribution in [0.25, 0.3) is 0 Å². The highest BCUT2D eigenvalue weighted by molar-refractivity contribution is 7.92. The molecule has 2 N–H and O–H groups in total. The second kappa shape index (κ2) is 6.60. The lowest BCUT2D eigenvalue weighted by molar-refractivity contribution is 0.0963. The van der Waals surface area contributed by atoms with E-state index >= 15 is 0 Å². The Hall–Kier alpha value is -2.05. The summed E-state index contributed by atoms with van der Waals surface area (Å²) in [5.41, 5.74) is 2.62. The lowest BCUT2D eigenvalue weighted by atomic mass is 10.1. The second-order valence-electron chi connectivity index (χ2n) is 5.13. The lowest BCUT2D eigenvalue weighted by Gasteiger charge is -2.11.